The number of carboxylic acids is 1. The molecule has 0 saturated heterocycles. The average molecular weight is 433 g/mol. The number of hydrogen-bond donors (Lipinski definition) is 1. The molecule has 0 spiro atoms. The maximum Gasteiger partial charge on any atom is 0.331 e. The molecule has 0 atom stereocenters. The zero-order valence-electron chi connectivity index (χ0n) is 18.3. The molecule has 1 N–H and O–H groups in total. The maximum atomic E-state index is 11.7. The standard InChI is InChI=1S/C24H33ClN2O3/c1-4-6-8-10-19(24(28)29)14-21-16-26-18(3)27(21)17-20-11-12-22(15-23(20)25)30-13-9-7-5-2/h11-12,14-16H,4-10,13,17H2,1-3H3,(H,28,29). The second-order valence-corrected chi connectivity index (χ2v) is 7.96. The fourth-order valence-electron chi connectivity index (χ4n) is 3.25. The number of nitrogens with zero attached hydrogens (tertiary/aromatic N) is 2. The number of aromatic nitrogens is 2. The van der Waals surface area contributed by atoms with E-state index in [0.717, 1.165) is 61.4 Å². The van der Waals surface area contributed by atoms with Crippen LogP contribution in [0.5, 0.6) is 5.75 Å². The third-order valence-corrected chi connectivity index (χ3v) is 5.45. The Bertz CT molecular complexity index is 858. The first-order chi connectivity index (χ1) is 14.5. The molecule has 30 heavy (non-hydrogen) atoms. The topological polar surface area (TPSA) is 64.3 Å². The number of carboxylic acid groups (broad SMARTS) is 1. The predicted octanol–water partition coefficient (Wildman–Crippen LogP) is 6.51. The number of halogens is 1. The summed E-state index contributed by atoms with van der Waals surface area (Å²) in [7, 11) is 0. The summed E-state index contributed by atoms with van der Waals surface area (Å²) in [5.74, 6) is 0.709. The highest BCUT2D eigenvalue weighted by molar-refractivity contribution is 6.31. The minimum absolute atomic E-state index is 0.409. The van der Waals surface area contributed by atoms with Gasteiger partial charge in [0.15, 0.2) is 0 Å². The number of aryl methyl sites for hydroxylation is 1. The van der Waals surface area contributed by atoms with E-state index < -0.39 is 5.97 Å². The van der Waals surface area contributed by atoms with Gasteiger partial charge in [0.1, 0.15) is 11.6 Å². The lowest BCUT2D eigenvalue weighted by atomic mass is 10.1. The number of hydrogen-bond acceptors (Lipinski definition) is 3. The van der Waals surface area contributed by atoms with E-state index in [0.29, 0.717) is 30.2 Å². The zero-order chi connectivity index (χ0) is 21.9. The van der Waals surface area contributed by atoms with Crippen LogP contribution in [0.15, 0.2) is 30.0 Å². The van der Waals surface area contributed by atoms with Gasteiger partial charge in [0.2, 0.25) is 0 Å². The van der Waals surface area contributed by atoms with Crippen LogP contribution < -0.4 is 4.74 Å². The van der Waals surface area contributed by atoms with Gasteiger partial charge in [0.05, 0.1) is 25.0 Å². The van der Waals surface area contributed by atoms with E-state index in [1.807, 2.05) is 29.7 Å². The Labute approximate surface area is 184 Å². The van der Waals surface area contributed by atoms with Crippen molar-refractivity contribution in [3.05, 3.63) is 52.1 Å². The SMILES string of the molecule is CCCCCOc1ccc(Cn2c(C=C(CCCCC)C(=O)O)cnc2C)c(Cl)c1. The summed E-state index contributed by atoms with van der Waals surface area (Å²) < 4.78 is 7.77. The van der Waals surface area contributed by atoms with Crippen LogP contribution in [0.4, 0.5) is 0 Å². The lowest BCUT2D eigenvalue weighted by molar-refractivity contribution is -0.132. The Kier molecular flexibility index (Phi) is 9.95. The van der Waals surface area contributed by atoms with Gasteiger partial charge in [-0.3, -0.25) is 0 Å². The Balaban J connectivity index is 2.16. The number of ether oxygens (including phenoxy) is 1. The van der Waals surface area contributed by atoms with Crippen LogP contribution in [0.25, 0.3) is 6.08 Å². The summed E-state index contributed by atoms with van der Waals surface area (Å²) in [4.78, 5) is 16.0. The highest BCUT2D eigenvalue weighted by Gasteiger charge is 2.13. The monoisotopic (exact) mass is 432 g/mol. The van der Waals surface area contributed by atoms with Crippen molar-refractivity contribution in [3.8, 4) is 5.75 Å². The number of benzene rings is 1. The lowest BCUT2D eigenvalue weighted by Gasteiger charge is -2.12. The van der Waals surface area contributed by atoms with Crippen molar-refractivity contribution in [2.75, 3.05) is 6.61 Å². The molecule has 6 heteroatoms. The Morgan fingerprint density at radius 3 is 2.60 bits per heavy atom. The van der Waals surface area contributed by atoms with E-state index in [4.69, 9.17) is 16.3 Å². The van der Waals surface area contributed by atoms with Gasteiger partial charge >= 0.3 is 5.97 Å². The van der Waals surface area contributed by atoms with Crippen molar-refractivity contribution < 1.29 is 14.6 Å². The van der Waals surface area contributed by atoms with Gasteiger partial charge in [-0.15, -0.1) is 0 Å². The normalized spacial score (nSPS) is 11.7. The summed E-state index contributed by atoms with van der Waals surface area (Å²) in [6.45, 7) is 7.39. The van der Waals surface area contributed by atoms with E-state index in [1.54, 1.807) is 12.3 Å². The number of rotatable bonds is 13. The quantitative estimate of drug-likeness (QED) is 0.289. The highest BCUT2D eigenvalue weighted by Crippen LogP contribution is 2.25. The molecule has 0 bridgehead atoms. The van der Waals surface area contributed by atoms with Gasteiger partial charge in [-0.25, -0.2) is 9.78 Å². The molecule has 1 aromatic heterocycles. The fraction of sp³-hybridized carbons (Fsp3) is 0.500. The molecule has 164 valence electrons. The molecule has 2 rings (SSSR count). The van der Waals surface area contributed by atoms with Crippen molar-refractivity contribution in [2.24, 2.45) is 0 Å². The van der Waals surface area contributed by atoms with E-state index in [9.17, 15) is 9.90 Å². The zero-order valence-corrected chi connectivity index (χ0v) is 19.0. The molecular weight excluding hydrogens is 400 g/mol. The van der Waals surface area contributed by atoms with Crippen LogP contribution in [0, 0.1) is 6.92 Å². The van der Waals surface area contributed by atoms with Gasteiger partial charge in [-0.1, -0.05) is 57.2 Å². The van der Waals surface area contributed by atoms with Crippen molar-refractivity contribution in [2.45, 2.75) is 72.3 Å². The van der Waals surface area contributed by atoms with E-state index >= 15 is 0 Å². The smallest absolute Gasteiger partial charge is 0.331 e. The molecule has 0 aliphatic carbocycles. The minimum Gasteiger partial charge on any atom is -0.494 e. The van der Waals surface area contributed by atoms with Crippen molar-refractivity contribution in [1.29, 1.82) is 0 Å². The van der Waals surface area contributed by atoms with Crippen LogP contribution in [0.1, 0.15) is 75.9 Å². The summed E-state index contributed by atoms with van der Waals surface area (Å²) >= 11 is 6.51. The van der Waals surface area contributed by atoms with Gasteiger partial charge in [0, 0.05) is 10.6 Å². The molecule has 1 aromatic carbocycles. The first-order valence-electron chi connectivity index (χ1n) is 10.8. The van der Waals surface area contributed by atoms with Crippen molar-refractivity contribution in [1.82, 2.24) is 9.55 Å². The van der Waals surface area contributed by atoms with Gasteiger partial charge in [0.25, 0.3) is 0 Å². The number of imidazole rings is 1. The van der Waals surface area contributed by atoms with Crippen LogP contribution in [-0.4, -0.2) is 27.2 Å². The molecular formula is C24H33ClN2O3. The molecule has 1 heterocycles. The molecule has 0 amide bonds. The lowest BCUT2D eigenvalue weighted by Crippen LogP contribution is -2.07. The first kappa shape index (κ1) is 24.0. The summed E-state index contributed by atoms with van der Waals surface area (Å²) in [6, 6.07) is 5.74. The fourth-order valence-corrected chi connectivity index (χ4v) is 3.48. The second kappa shape index (κ2) is 12.4. The maximum absolute atomic E-state index is 11.7. The second-order valence-electron chi connectivity index (χ2n) is 7.56. The number of aliphatic carboxylic acids is 1. The molecule has 0 aliphatic heterocycles. The molecule has 0 radical (unpaired) electrons. The van der Waals surface area contributed by atoms with Crippen LogP contribution >= 0.6 is 11.6 Å². The Morgan fingerprint density at radius 1 is 1.20 bits per heavy atom. The highest BCUT2D eigenvalue weighted by atomic mass is 35.5. The van der Waals surface area contributed by atoms with E-state index in [2.05, 4.69) is 18.8 Å². The van der Waals surface area contributed by atoms with E-state index in [-0.39, 0.29) is 0 Å². The van der Waals surface area contributed by atoms with Crippen LogP contribution in [-0.2, 0) is 11.3 Å². The van der Waals surface area contributed by atoms with Gasteiger partial charge < -0.3 is 14.4 Å². The first-order valence-corrected chi connectivity index (χ1v) is 11.2. The minimum atomic E-state index is -0.876. The Morgan fingerprint density at radius 2 is 1.93 bits per heavy atom. The molecule has 0 saturated carbocycles. The third-order valence-electron chi connectivity index (χ3n) is 5.10. The Hall–Kier alpha value is -2.27. The molecule has 5 nitrogen and oxygen atoms in total. The third kappa shape index (κ3) is 7.21. The summed E-state index contributed by atoms with van der Waals surface area (Å²) in [5.41, 5.74) is 2.13. The number of unbranched alkanes of at least 4 members (excludes halogenated alkanes) is 4. The molecule has 0 aliphatic rings. The van der Waals surface area contributed by atoms with Gasteiger partial charge in [-0.05, 0) is 50.0 Å². The number of carbonyl (C=O) groups is 1. The van der Waals surface area contributed by atoms with Crippen molar-refractivity contribution in [3.63, 3.8) is 0 Å². The average Bonchev–Trinajstić information content (AvgIpc) is 3.05. The van der Waals surface area contributed by atoms with Crippen molar-refractivity contribution >= 4 is 23.6 Å². The van der Waals surface area contributed by atoms with Gasteiger partial charge in [-0.2, -0.15) is 0 Å². The summed E-state index contributed by atoms with van der Waals surface area (Å²) in [6.07, 6.45) is 10.3. The molecule has 0 unspecified atom stereocenters. The molecule has 0 fully saturated rings. The van der Waals surface area contributed by atoms with Crippen LogP contribution in [0.3, 0.4) is 0 Å². The molecule has 2 aromatic rings. The van der Waals surface area contributed by atoms with E-state index in [1.165, 1.54) is 0 Å². The summed E-state index contributed by atoms with van der Waals surface area (Å²) in [5, 5.41) is 10.2. The van der Waals surface area contributed by atoms with Crippen LogP contribution in [0.2, 0.25) is 5.02 Å². The predicted molar refractivity (Wildman–Crippen MR) is 122 cm³/mol. The largest absolute Gasteiger partial charge is 0.494 e.